The molecule has 0 radical (unpaired) electrons. The van der Waals surface area contributed by atoms with Crippen LogP contribution < -0.4 is 4.74 Å². The molecule has 3 nitrogen and oxygen atoms in total. The van der Waals surface area contributed by atoms with Gasteiger partial charge in [-0.1, -0.05) is 43.7 Å². The van der Waals surface area contributed by atoms with E-state index in [0.29, 0.717) is 11.3 Å². The van der Waals surface area contributed by atoms with Gasteiger partial charge in [0, 0.05) is 0 Å². The Kier molecular flexibility index (Phi) is 6.83. The zero-order valence-electron chi connectivity index (χ0n) is 16.5. The second-order valence-electron chi connectivity index (χ2n) is 8.45. The van der Waals surface area contributed by atoms with Crippen molar-refractivity contribution in [2.75, 3.05) is 6.61 Å². The zero-order chi connectivity index (χ0) is 19.1. The standard InChI is InChI=1S/C24H32O3/c1-2-7-21(16-23(25)26)20-9-11-22(12-10-20)27-18-19-8-6-15-24(17-19)13-4-3-5-14-24/h9-12,19,21H,3-6,8,13-18H2,1H3,(H,25,26)/t19?,21-/m0/s1. The monoisotopic (exact) mass is 368 g/mol. The van der Waals surface area contributed by atoms with Gasteiger partial charge in [0.1, 0.15) is 5.75 Å². The van der Waals surface area contributed by atoms with Crippen molar-refractivity contribution in [3.8, 4) is 17.6 Å². The number of aliphatic carboxylic acids is 1. The van der Waals surface area contributed by atoms with Gasteiger partial charge in [-0.25, -0.2) is 0 Å². The lowest BCUT2D eigenvalue weighted by Crippen LogP contribution is -2.33. The maximum atomic E-state index is 11.0. The zero-order valence-corrected chi connectivity index (χ0v) is 16.5. The molecule has 0 amide bonds. The van der Waals surface area contributed by atoms with Crippen molar-refractivity contribution in [3.05, 3.63) is 29.8 Å². The van der Waals surface area contributed by atoms with Gasteiger partial charge in [-0.2, -0.15) is 0 Å². The first-order chi connectivity index (χ1) is 13.1. The molecule has 0 heterocycles. The fraction of sp³-hybridized carbons (Fsp3) is 0.625. The van der Waals surface area contributed by atoms with Crippen molar-refractivity contribution in [2.24, 2.45) is 11.3 Å². The summed E-state index contributed by atoms with van der Waals surface area (Å²) in [7, 11) is 0. The van der Waals surface area contributed by atoms with Crippen LogP contribution in [-0.4, -0.2) is 17.7 Å². The molecule has 2 saturated carbocycles. The Hall–Kier alpha value is -1.95. The molecule has 0 aliphatic heterocycles. The predicted molar refractivity (Wildman–Crippen MR) is 108 cm³/mol. The van der Waals surface area contributed by atoms with E-state index >= 15 is 0 Å². The third kappa shape index (κ3) is 5.51. The van der Waals surface area contributed by atoms with Gasteiger partial charge in [0.2, 0.25) is 0 Å². The Morgan fingerprint density at radius 2 is 1.89 bits per heavy atom. The van der Waals surface area contributed by atoms with E-state index in [0.717, 1.165) is 17.9 Å². The van der Waals surface area contributed by atoms with Crippen molar-refractivity contribution in [1.29, 1.82) is 0 Å². The molecule has 1 unspecified atom stereocenters. The van der Waals surface area contributed by atoms with Crippen LogP contribution in [0.15, 0.2) is 24.3 Å². The molecule has 1 aromatic rings. The molecule has 3 rings (SSSR count). The summed E-state index contributed by atoms with van der Waals surface area (Å²) in [6.45, 7) is 2.55. The quantitative estimate of drug-likeness (QED) is 0.647. The molecule has 3 heteroatoms. The van der Waals surface area contributed by atoms with E-state index in [9.17, 15) is 4.79 Å². The molecule has 146 valence electrons. The van der Waals surface area contributed by atoms with Crippen LogP contribution in [0.25, 0.3) is 0 Å². The molecule has 2 fully saturated rings. The highest BCUT2D eigenvalue weighted by Crippen LogP contribution is 2.49. The summed E-state index contributed by atoms with van der Waals surface area (Å²) in [5.74, 6) is 6.30. The van der Waals surface area contributed by atoms with E-state index in [4.69, 9.17) is 9.84 Å². The summed E-state index contributed by atoms with van der Waals surface area (Å²) in [6, 6.07) is 7.83. The van der Waals surface area contributed by atoms with Gasteiger partial charge in [-0.05, 0) is 68.1 Å². The topological polar surface area (TPSA) is 46.5 Å². The third-order valence-corrected chi connectivity index (χ3v) is 6.42. The minimum atomic E-state index is -0.822. The van der Waals surface area contributed by atoms with Crippen molar-refractivity contribution in [3.63, 3.8) is 0 Å². The lowest BCUT2D eigenvalue weighted by atomic mass is 9.63. The molecule has 2 atom stereocenters. The number of benzene rings is 1. The second kappa shape index (κ2) is 9.31. The van der Waals surface area contributed by atoms with E-state index in [-0.39, 0.29) is 12.3 Å². The van der Waals surface area contributed by atoms with Crippen LogP contribution in [-0.2, 0) is 4.79 Å². The Morgan fingerprint density at radius 3 is 2.56 bits per heavy atom. The highest BCUT2D eigenvalue weighted by atomic mass is 16.5. The Labute approximate surface area is 163 Å². The molecule has 0 bridgehead atoms. The molecular formula is C24H32O3. The van der Waals surface area contributed by atoms with Crippen LogP contribution in [0, 0.1) is 23.2 Å². The van der Waals surface area contributed by atoms with Gasteiger partial charge in [0.05, 0.1) is 18.9 Å². The van der Waals surface area contributed by atoms with Crippen LogP contribution >= 0.6 is 0 Å². The second-order valence-corrected chi connectivity index (χ2v) is 8.45. The highest BCUT2D eigenvalue weighted by molar-refractivity contribution is 5.69. The molecule has 1 spiro atoms. The fourth-order valence-corrected chi connectivity index (χ4v) is 5.09. The summed E-state index contributed by atoms with van der Waals surface area (Å²) in [6.07, 6.45) is 12.5. The minimum Gasteiger partial charge on any atom is -0.493 e. The predicted octanol–water partition coefficient (Wildman–Crippen LogP) is 5.79. The number of ether oxygens (including phenoxy) is 1. The molecular weight excluding hydrogens is 336 g/mol. The molecule has 0 saturated heterocycles. The first-order valence-corrected chi connectivity index (χ1v) is 10.5. The molecule has 2 aliphatic carbocycles. The van der Waals surface area contributed by atoms with Gasteiger partial charge in [-0.3, -0.25) is 4.79 Å². The van der Waals surface area contributed by atoms with Gasteiger partial charge in [-0.15, -0.1) is 5.92 Å². The highest BCUT2D eigenvalue weighted by Gasteiger charge is 2.37. The first-order valence-electron chi connectivity index (χ1n) is 10.5. The van der Waals surface area contributed by atoms with Crippen LogP contribution in [0.1, 0.15) is 82.6 Å². The number of hydrogen-bond donors (Lipinski definition) is 1. The van der Waals surface area contributed by atoms with Gasteiger partial charge in [0.25, 0.3) is 0 Å². The normalized spacial score (nSPS) is 22.5. The summed E-state index contributed by atoms with van der Waals surface area (Å²) in [5, 5.41) is 9.07. The number of rotatable bonds is 6. The number of carbonyl (C=O) groups is 1. The maximum Gasteiger partial charge on any atom is 0.304 e. The summed E-state index contributed by atoms with van der Waals surface area (Å²) in [5.41, 5.74) is 1.55. The lowest BCUT2D eigenvalue weighted by molar-refractivity contribution is -0.137. The Balaban J connectivity index is 1.55. The average Bonchev–Trinajstić information content (AvgIpc) is 2.67. The largest absolute Gasteiger partial charge is 0.493 e. The molecule has 1 N–H and O–H groups in total. The van der Waals surface area contributed by atoms with E-state index in [1.54, 1.807) is 6.92 Å². The van der Waals surface area contributed by atoms with E-state index in [2.05, 4.69) is 11.8 Å². The van der Waals surface area contributed by atoms with Gasteiger partial charge < -0.3 is 9.84 Å². The fourth-order valence-electron chi connectivity index (χ4n) is 5.09. The van der Waals surface area contributed by atoms with Gasteiger partial charge in [0.15, 0.2) is 0 Å². The van der Waals surface area contributed by atoms with Crippen LogP contribution in [0.4, 0.5) is 0 Å². The van der Waals surface area contributed by atoms with E-state index < -0.39 is 5.97 Å². The average molecular weight is 369 g/mol. The number of carboxylic acids is 1. The minimum absolute atomic E-state index is 0.0329. The van der Waals surface area contributed by atoms with Crippen LogP contribution in [0.2, 0.25) is 0 Å². The number of hydrogen-bond acceptors (Lipinski definition) is 2. The third-order valence-electron chi connectivity index (χ3n) is 6.42. The maximum absolute atomic E-state index is 11.0. The first kappa shape index (κ1) is 19.8. The summed E-state index contributed by atoms with van der Waals surface area (Å²) >= 11 is 0. The molecule has 2 aliphatic rings. The summed E-state index contributed by atoms with van der Waals surface area (Å²) < 4.78 is 6.10. The molecule has 27 heavy (non-hydrogen) atoms. The van der Waals surface area contributed by atoms with Crippen LogP contribution in [0.3, 0.4) is 0 Å². The summed E-state index contributed by atoms with van der Waals surface area (Å²) in [4.78, 5) is 11.0. The van der Waals surface area contributed by atoms with E-state index in [1.165, 1.54) is 57.8 Å². The Morgan fingerprint density at radius 1 is 1.19 bits per heavy atom. The molecule has 0 aromatic heterocycles. The van der Waals surface area contributed by atoms with E-state index in [1.807, 2.05) is 24.3 Å². The van der Waals surface area contributed by atoms with Crippen molar-refractivity contribution < 1.29 is 14.6 Å². The van der Waals surface area contributed by atoms with Crippen LogP contribution in [0.5, 0.6) is 5.75 Å². The van der Waals surface area contributed by atoms with Gasteiger partial charge >= 0.3 is 5.97 Å². The number of carboxylic acid groups (broad SMARTS) is 1. The smallest absolute Gasteiger partial charge is 0.304 e. The SMILES string of the molecule is CC#C[C@@H](CC(=O)O)c1ccc(OCC2CCCC3(CCCCC3)C2)cc1. The van der Waals surface area contributed by atoms with Crippen molar-refractivity contribution >= 4 is 5.97 Å². The molecule has 1 aromatic carbocycles. The van der Waals surface area contributed by atoms with Crippen molar-refractivity contribution in [2.45, 2.75) is 77.0 Å². The Bertz CT molecular complexity index is 668. The lowest BCUT2D eigenvalue weighted by Gasteiger charge is -2.43. The van der Waals surface area contributed by atoms with Crippen molar-refractivity contribution in [1.82, 2.24) is 0 Å².